The fraction of sp³-hybridized carbons (Fsp3) is 0.182. The second-order valence-electron chi connectivity index (χ2n) is 3.63. The van der Waals surface area contributed by atoms with E-state index in [-0.39, 0.29) is 17.7 Å². The van der Waals surface area contributed by atoms with Crippen LogP contribution in [-0.4, -0.2) is 10.1 Å². The van der Waals surface area contributed by atoms with Crippen molar-refractivity contribution < 1.29 is 9.45 Å². The minimum absolute atomic E-state index is 0.00694. The molecule has 0 amide bonds. The molecule has 0 aliphatic carbocycles. The zero-order valence-electron chi connectivity index (χ0n) is 9.10. The number of aromatic amines is 1. The molecule has 0 spiro atoms. The molecule has 0 radical (unpaired) electrons. The number of nitrogens with one attached hydrogen (secondary N) is 1. The molecule has 1 aromatic carbocycles. The number of hydrogen-bond acceptors (Lipinski definition) is 4. The lowest BCUT2D eigenvalue weighted by molar-refractivity contribution is -0.385. The van der Waals surface area contributed by atoms with Gasteiger partial charge in [0.2, 0.25) is 0 Å². The Balaban J connectivity index is 2.43. The van der Waals surface area contributed by atoms with E-state index in [0.29, 0.717) is 16.9 Å². The van der Waals surface area contributed by atoms with Crippen LogP contribution in [0.4, 0.5) is 5.69 Å². The molecule has 0 aliphatic heterocycles. The lowest BCUT2D eigenvalue weighted by Gasteiger charge is -2.00. The van der Waals surface area contributed by atoms with Crippen LogP contribution in [0.5, 0.6) is 0 Å². The van der Waals surface area contributed by atoms with Crippen molar-refractivity contribution in [1.29, 1.82) is 0 Å². The van der Waals surface area contributed by atoms with Crippen LogP contribution >= 0.6 is 0 Å². The Kier molecular flexibility index (Phi) is 2.78. The maximum absolute atomic E-state index is 11.4. The second kappa shape index (κ2) is 4.25. The molecule has 0 saturated carbocycles. The standard InChI is InChI=1S/C11H10N2O4/c1-7-9(11(14)12-17-7)6-8-4-2-3-5-10(8)13(15)16/h2-5H,6H2,1H3,(H,12,14). The van der Waals surface area contributed by atoms with Crippen molar-refractivity contribution in [3.8, 4) is 0 Å². The molecule has 0 aliphatic rings. The van der Waals surface area contributed by atoms with Crippen molar-refractivity contribution in [2.45, 2.75) is 13.3 Å². The normalized spacial score (nSPS) is 10.4. The molecule has 2 rings (SSSR count). The van der Waals surface area contributed by atoms with Gasteiger partial charge in [-0.1, -0.05) is 18.2 Å². The van der Waals surface area contributed by atoms with Gasteiger partial charge >= 0.3 is 0 Å². The average Bonchev–Trinajstić information content (AvgIpc) is 2.61. The van der Waals surface area contributed by atoms with Crippen LogP contribution in [0.1, 0.15) is 16.9 Å². The average molecular weight is 234 g/mol. The number of nitrogens with zero attached hydrogens (tertiary/aromatic N) is 1. The summed E-state index contributed by atoms with van der Waals surface area (Å²) in [4.78, 5) is 21.8. The summed E-state index contributed by atoms with van der Waals surface area (Å²) in [5.41, 5.74) is 0.569. The number of aromatic nitrogens is 1. The number of nitro benzene ring substituents is 1. The van der Waals surface area contributed by atoms with Crippen LogP contribution in [0.2, 0.25) is 0 Å². The summed E-state index contributed by atoms with van der Waals surface area (Å²) in [5, 5.41) is 13.0. The smallest absolute Gasteiger partial charge is 0.283 e. The van der Waals surface area contributed by atoms with Crippen LogP contribution in [0.3, 0.4) is 0 Å². The van der Waals surface area contributed by atoms with Crippen LogP contribution in [0, 0.1) is 17.0 Å². The van der Waals surface area contributed by atoms with Crippen LogP contribution in [0.25, 0.3) is 0 Å². The van der Waals surface area contributed by atoms with E-state index in [9.17, 15) is 14.9 Å². The van der Waals surface area contributed by atoms with Crippen molar-refractivity contribution >= 4 is 5.69 Å². The Labute approximate surface area is 96.0 Å². The predicted molar refractivity (Wildman–Crippen MR) is 60.0 cm³/mol. The third-order valence-electron chi connectivity index (χ3n) is 2.55. The van der Waals surface area contributed by atoms with E-state index in [1.165, 1.54) is 6.07 Å². The summed E-state index contributed by atoms with van der Waals surface area (Å²) in [6.07, 6.45) is 0.189. The van der Waals surface area contributed by atoms with E-state index in [0.717, 1.165) is 0 Å². The monoisotopic (exact) mass is 234 g/mol. The van der Waals surface area contributed by atoms with Crippen LogP contribution in [0.15, 0.2) is 33.6 Å². The highest BCUT2D eigenvalue weighted by Gasteiger charge is 2.16. The summed E-state index contributed by atoms with van der Waals surface area (Å²) in [5.74, 6) is 0.452. The Morgan fingerprint density at radius 1 is 1.41 bits per heavy atom. The molecule has 0 fully saturated rings. The van der Waals surface area contributed by atoms with E-state index in [4.69, 9.17) is 4.52 Å². The minimum Gasteiger partial charge on any atom is -0.384 e. The molecule has 2 aromatic rings. The summed E-state index contributed by atoms with van der Waals surface area (Å²) in [6, 6.07) is 6.34. The topological polar surface area (TPSA) is 89.1 Å². The maximum atomic E-state index is 11.4. The van der Waals surface area contributed by atoms with Gasteiger partial charge in [0.15, 0.2) is 0 Å². The molecule has 0 bridgehead atoms. The van der Waals surface area contributed by atoms with Crippen molar-refractivity contribution in [1.82, 2.24) is 5.16 Å². The molecular weight excluding hydrogens is 224 g/mol. The second-order valence-corrected chi connectivity index (χ2v) is 3.63. The number of para-hydroxylation sites is 1. The highest BCUT2D eigenvalue weighted by Crippen LogP contribution is 2.20. The molecule has 1 heterocycles. The van der Waals surface area contributed by atoms with Gasteiger partial charge < -0.3 is 4.52 Å². The molecular formula is C11H10N2O4. The van der Waals surface area contributed by atoms with Gasteiger partial charge in [-0.2, -0.15) is 5.16 Å². The van der Waals surface area contributed by atoms with Crippen molar-refractivity contribution in [2.75, 3.05) is 0 Å². The quantitative estimate of drug-likeness (QED) is 0.647. The summed E-state index contributed by atoms with van der Waals surface area (Å²) in [7, 11) is 0. The van der Waals surface area contributed by atoms with E-state index in [2.05, 4.69) is 5.16 Å². The van der Waals surface area contributed by atoms with Crippen molar-refractivity contribution in [3.63, 3.8) is 0 Å². The van der Waals surface area contributed by atoms with Gasteiger partial charge in [0.05, 0.1) is 10.5 Å². The fourth-order valence-corrected chi connectivity index (χ4v) is 1.64. The van der Waals surface area contributed by atoms with E-state index in [1.807, 2.05) is 0 Å². The van der Waals surface area contributed by atoms with Gasteiger partial charge in [-0.05, 0) is 6.92 Å². The molecule has 6 heteroatoms. The third kappa shape index (κ3) is 2.10. The molecule has 17 heavy (non-hydrogen) atoms. The first kappa shape index (κ1) is 11.1. The largest absolute Gasteiger partial charge is 0.384 e. The van der Waals surface area contributed by atoms with Gasteiger partial charge in [-0.25, -0.2) is 0 Å². The lowest BCUT2D eigenvalue weighted by Crippen LogP contribution is -2.07. The maximum Gasteiger partial charge on any atom is 0.283 e. The molecule has 0 unspecified atom stereocenters. The summed E-state index contributed by atoms with van der Waals surface area (Å²) >= 11 is 0. The number of nitro groups is 1. The number of hydrogen-bond donors (Lipinski definition) is 1. The molecule has 88 valence electrons. The molecule has 1 N–H and O–H groups in total. The van der Waals surface area contributed by atoms with Gasteiger partial charge in [0.1, 0.15) is 5.76 Å². The molecule has 0 atom stereocenters. The third-order valence-corrected chi connectivity index (χ3v) is 2.55. The van der Waals surface area contributed by atoms with Crippen LogP contribution in [-0.2, 0) is 6.42 Å². The van der Waals surface area contributed by atoms with Crippen molar-refractivity contribution in [3.05, 3.63) is 61.6 Å². The van der Waals surface area contributed by atoms with E-state index in [1.54, 1.807) is 25.1 Å². The van der Waals surface area contributed by atoms with E-state index < -0.39 is 4.92 Å². The van der Waals surface area contributed by atoms with Gasteiger partial charge in [-0.3, -0.25) is 14.9 Å². The number of aryl methyl sites for hydroxylation is 1. The van der Waals surface area contributed by atoms with Crippen molar-refractivity contribution in [2.24, 2.45) is 0 Å². The first-order valence-electron chi connectivity index (χ1n) is 4.99. The number of benzene rings is 1. The Morgan fingerprint density at radius 2 is 2.12 bits per heavy atom. The minimum atomic E-state index is -0.459. The SMILES string of the molecule is Cc1o[nH]c(=O)c1Cc1ccccc1[N+](=O)[O-]. The van der Waals surface area contributed by atoms with E-state index >= 15 is 0 Å². The summed E-state index contributed by atoms with van der Waals surface area (Å²) in [6.45, 7) is 1.64. The molecule has 0 saturated heterocycles. The first-order chi connectivity index (χ1) is 8.09. The predicted octanol–water partition coefficient (Wildman–Crippen LogP) is 1.78. The highest BCUT2D eigenvalue weighted by molar-refractivity contribution is 5.42. The Hall–Kier alpha value is -2.37. The zero-order chi connectivity index (χ0) is 12.4. The van der Waals surface area contributed by atoms with Crippen LogP contribution < -0.4 is 5.56 Å². The van der Waals surface area contributed by atoms with Gasteiger partial charge in [0.25, 0.3) is 11.2 Å². The van der Waals surface area contributed by atoms with Gasteiger partial charge in [-0.15, -0.1) is 0 Å². The summed E-state index contributed by atoms with van der Waals surface area (Å²) < 4.78 is 4.86. The Bertz CT molecular complexity index is 612. The lowest BCUT2D eigenvalue weighted by atomic mass is 10.0. The number of H-pyrrole nitrogens is 1. The molecule has 1 aromatic heterocycles. The first-order valence-corrected chi connectivity index (χ1v) is 4.99. The highest BCUT2D eigenvalue weighted by atomic mass is 16.6. The Morgan fingerprint density at radius 3 is 2.71 bits per heavy atom. The molecule has 6 nitrogen and oxygen atoms in total. The van der Waals surface area contributed by atoms with Gasteiger partial charge in [0, 0.05) is 18.1 Å². The fourth-order valence-electron chi connectivity index (χ4n) is 1.64. The number of rotatable bonds is 3. The zero-order valence-corrected chi connectivity index (χ0v) is 9.10.